The first-order valence-corrected chi connectivity index (χ1v) is 13.7. The molecule has 40 heavy (non-hydrogen) atoms. The van der Waals surface area contributed by atoms with Crippen LogP contribution in [-0.4, -0.2) is 52.9 Å². The van der Waals surface area contributed by atoms with Crippen molar-refractivity contribution in [3.05, 3.63) is 108 Å². The van der Waals surface area contributed by atoms with E-state index in [-0.39, 0.29) is 11.8 Å². The molecule has 0 atom stereocenters. The summed E-state index contributed by atoms with van der Waals surface area (Å²) in [6.07, 6.45) is 9.47. The number of carbonyl (C=O) groups excluding carboxylic acids is 2. The molecule has 8 heteroatoms. The van der Waals surface area contributed by atoms with E-state index in [1.807, 2.05) is 29.2 Å². The Kier molecular flexibility index (Phi) is 8.78. The van der Waals surface area contributed by atoms with Gasteiger partial charge < -0.3 is 20.9 Å². The van der Waals surface area contributed by atoms with Crippen LogP contribution in [0.1, 0.15) is 45.5 Å². The van der Waals surface area contributed by atoms with Gasteiger partial charge in [-0.3, -0.25) is 19.6 Å². The zero-order valence-corrected chi connectivity index (χ0v) is 22.5. The molecular formula is C32H34N6O2. The predicted molar refractivity (Wildman–Crippen MR) is 158 cm³/mol. The second kappa shape index (κ2) is 13.0. The van der Waals surface area contributed by atoms with Crippen LogP contribution in [-0.2, 0) is 6.54 Å². The van der Waals surface area contributed by atoms with Crippen molar-refractivity contribution in [2.45, 2.75) is 25.8 Å². The largest absolute Gasteiger partial charge is 0.370 e. The molecule has 3 heterocycles. The fourth-order valence-electron chi connectivity index (χ4n) is 5.02. The number of aromatic nitrogens is 2. The van der Waals surface area contributed by atoms with E-state index in [4.69, 9.17) is 5.73 Å². The van der Waals surface area contributed by atoms with Crippen LogP contribution in [0.5, 0.6) is 0 Å². The average Bonchev–Trinajstić information content (AvgIpc) is 3.55. The minimum absolute atomic E-state index is 0.0673. The van der Waals surface area contributed by atoms with Gasteiger partial charge in [-0.05, 0) is 85.0 Å². The molecule has 0 bridgehead atoms. The first-order valence-electron chi connectivity index (χ1n) is 13.7. The van der Waals surface area contributed by atoms with Gasteiger partial charge in [-0.2, -0.15) is 0 Å². The summed E-state index contributed by atoms with van der Waals surface area (Å²) in [5.41, 5.74) is 11.6. The third-order valence-corrected chi connectivity index (χ3v) is 7.08. The molecule has 1 saturated heterocycles. The Morgan fingerprint density at radius 3 is 2.30 bits per heavy atom. The number of hydrogen-bond acceptors (Lipinski definition) is 6. The van der Waals surface area contributed by atoms with Gasteiger partial charge in [-0.1, -0.05) is 24.3 Å². The van der Waals surface area contributed by atoms with Gasteiger partial charge in [0.05, 0.1) is 22.5 Å². The smallest absolute Gasteiger partial charge is 0.257 e. The maximum Gasteiger partial charge on any atom is 0.257 e. The predicted octanol–water partition coefficient (Wildman–Crippen LogP) is 4.99. The number of nitrogens with zero attached hydrogens (tertiary/aromatic N) is 4. The van der Waals surface area contributed by atoms with Crippen molar-refractivity contribution in [2.75, 3.05) is 36.4 Å². The molecule has 0 unspecified atom stereocenters. The van der Waals surface area contributed by atoms with Crippen LogP contribution in [0.4, 0.5) is 11.4 Å². The summed E-state index contributed by atoms with van der Waals surface area (Å²) < 4.78 is 0. The Labute approximate surface area is 234 Å². The third-order valence-electron chi connectivity index (χ3n) is 7.08. The van der Waals surface area contributed by atoms with Crippen LogP contribution >= 0.6 is 0 Å². The summed E-state index contributed by atoms with van der Waals surface area (Å²) in [7, 11) is 0. The van der Waals surface area contributed by atoms with E-state index >= 15 is 0 Å². The van der Waals surface area contributed by atoms with E-state index in [0.717, 1.165) is 54.0 Å². The number of anilines is 2. The molecule has 5 rings (SSSR count). The molecule has 8 nitrogen and oxygen atoms in total. The Hall–Kier alpha value is -4.56. The van der Waals surface area contributed by atoms with Crippen LogP contribution in [0.3, 0.4) is 0 Å². The highest BCUT2D eigenvalue weighted by molar-refractivity contribution is 6.06. The molecule has 1 fully saturated rings. The Morgan fingerprint density at radius 2 is 1.60 bits per heavy atom. The summed E-state index contributed by atoms with van der Waals surface area (Å²) >= 11 is 0. The monoisotopic (exact) mass is 534 g/mol. The lowest BCUT2D eigenvalue weighted by Gasteiger charge is -2.24. The Balaban J connectivity index is 1.42. The Morgan fingerprint density at radius 1 is 0.875 bits per heavy atom. The summed E-state index contributed by atoms with van der Waals surface area (Å²) in [5, 5.41) is 3.13. The molecular weight excluding hydrogens is 500 g/mol. The summed E-state index contributed by atoms with van der Waals surface area (Å²) in [6.45, 7) is 3.46. The molecule has 1 aliphatic rings. The number of rotatable bonds is 10. The van der Waals surface area contributed by atoms with Gasteiger partial charge in [0.15, 0.2) is 0 Å². The standard InChI is InChI=1S/C32H34N6O2/c33-13-6-18-38(32(40)28-10-5-15-35-22-28)23-24-7-3-8-25(19-24)26-11-12-30(37-16-1-2-17-37)29(20-26)36-31(39)27-9-4-14-34-21-27/h3-5,7-12,14-15,19-22H,1-2,6,13,16-18,23,33H2,(H,36,39). The van der Waals surface area contributed by atoms with Gasteiger partial charge in [0.2, 0.25) is 0 Å². The zero-order chi connectivity index (χ0) is 27.7. The molecule has 0 saturated carbocycles. The number of amides is 2. The lowest BCUT2D eigenvalue weighted by atomic mass is 10.0. The van der Waals surface area contributed by atoms with Crippen molar-refractivity contribution in [3.8, 4) is 11.1 Å². The molecule has 4 aromatic rings. The highest BCUT2D eigenvalue weighted by Gasteiger charge is 2.19. The third kappa shape index (κ3) is 6.52. The van der Waals surface area contributed by atoms with Crippen LogP contribution in [0.2, 0.25) is 0 Å². The number of hydrogen-bond donors (Lipinski definition) is 2. The van der Waals surface area contributed by atoms with Gasteiger partial charge in [0.1, 0.15) is 0 Å². The van der Waals surface area contributed by atoms with Gasteiger partial charge >= 0.3 is 0 Å². The highest BCUT2D eigenvalue weighted by atomic mass is 16.2. The molecule has 0 spiro atoms. The molecule has 2 aromatic heterocycles. The second-order valence-electron chi connectivity index (χ2n) is 9.93. The van der Waals surface area contributed by atoms with Crippen molar-refractivity contribution in [3.63, 3.8) is 0 Å². The van der Waals surface area contributed by atoms with Crippen LogP contribution in [0, 0.1) is 0 Å². The van der Waals surface area contributed by atoms with Crippen molar-refractivity contribution < 1.29 is 9.59 Å². The number of carbonyl (C=O) groups is 2. The van der Waals surface area contributed by atoms with Crippen molar-refractivity contribution in [1.29, 1.82) is 0 Å². The van der Waals surface area contributed by atoms with E-state index < -0.39 is 0 Å². The van der Waals surface area contributed by atoms with Crippen LogP contribution in [0.25, 0.3) is 11.1 Å². The first kappa shape index (κ1) is 27.0. The average molecular weight is 535 g/mol. The summed E-state index contributed by atoms with van der Waals surface area (Å²) in [4.78, 5) is 38.6. The molecule has 0 aliphatic carbocycles. The number of nitrogens with one attached hydrogen (secondary N) is 1. The number of pyridine rings is 2. The van der Waals surface area contributed by atoms with Crippen molar-refractivity contribution in [2.24, 2.45) is 5.73 Å². The minimum Gasteiger partial charge on any atom is -0.370 e. The fraction of sp³-hybridized carbons (Fsp3) is 0.250. The topological polar surface area (TPSA) is 104 Å². The zero-order valence-electron chi connectivity index (χ0n) is 22.5. The molecule has 3 N–H and O–H groups in total. The summed E-state index contributed by atoms with van der Waals surface area (Å²) in [5.74, 6) is -0.258. The van der Waals surface area contributed by atoms with E-state index in [1.165, 1.54) is 0 Å². The van der Waals surface area contributed by atoms with E-state index in [0.29, 0.717) is 37.2 Å². The molecule has 2 amide bonds. The normalized spacial score (nSPS) is 12.8. The molecule has 0 radical (unpaired) electrons. The quantitative estimate of drug-likeness (QED) is 0.297. The highest BCUT2D eigenvalue weighted by Crippen LogP contribution is 2.34. The lowest BCUT2D eigenvalue weighted by Crippen LogP contribution is -2.32. The van der Waals surface area contributed by atoms with Crippen molar-refractivity contribution >= 4 is 23.2 Å². The number of nitrogens with two attached hydrogens (primary N) is 1. The minimum atomic E-state index is -0.191. The van der Waals surface area contributed by atoms with E-state index in [9.17, 15) is 9.59 Å². The van der Waals surface area contributed by atoms with E-state index in [2.05, 4.69) is 38.4 Å². The molecule has 1 aliphatic heterocycles. The van der Waals surface area contributed by atoms with Gasteiger partial charge in [0, 0.05) is 51.0 Å². The first-order chi connectivity index (χ1) is 19.6. The number of benzene rings is 2. The summed E-state index contributed by atoms with van der Waals surface area (Å²) in [6, 6.07) is 21.5. The van der Waals surface area contributed by atoms with E-state index in [1.54, 1.807) is 49.1 Å². The van der Waals surface area contributed by atoms with Gasteiger partial charge in [0.25, 0.3) is 11.8 Å². The van der Waals surface area contributed by atoms with Crippen molar-refractivity contribution in [1.82, 2.24) is 14.9 Å². The SMILES string of the molecule is NCCCN(Cc1cccc(-c2ccc(N3CCCC3)c(NC(=O)c3cccnc3)c2)c1)C(=O)c1cccnc1. The molecule has 204 valence electrons. The molecule has 2 aromatic carbocycles. The van der Waals surface area contributed by atoms with Crippen LogP contribution < -0.4 is 16.0 Å². The Bertz CT molecular complexity index is 1440. The van der Waals surface area contributed by atoms with Gasteiger partial charge in [-0.15, -0.1) is 0 Å². The maximum absolute atomic E-state index is 13.2. The van der Waals surface area contributed by atoms with Gasteiger partial charge in [-0.25, -0.2) is 0 Å². The fourth-order valence-corrected chi connectivity index (χ4v) is 5.02. The second-order valence-corrected chi connectivity index (χ2v) is 9.93. The lowest BCUT2D eigenvalue weighted by molar-refractivity contribution is 0.0741. The van der Waals surface area contributed by atoms with Crippen LogP contribution in [0.15, 0.2) is 91.5 Å². The maximum atomic E-state index is 13.2.